The molecular weight excluding hydrogens is 332 g/mol. The predicted molar refractivity (Wildman–Crippen MR) is 112 cm³/mol. The molecule has 1 heterocycles. The predicted octanol–water partition coefficient (Wildman–Crippen LogP) is 6.81. The van der Waals surface area contributed by atoms with Crippen LogP contribution in [0.2, 0.25) is 0 Å². The molecule has 2 heteroatoms. The van der Waals surface area contributed by atoms with E-state index in [2.05, 4.69) is 67.6 Å². The third-order valence-corrected chi connectivity index (χ3v) is 4.89. The lowest BCUT2D eigenvalue weighted by Gasteiger charge is -2.15. The Kier molecular flexibility index (Phi) is 4.80. The largest absolute Gasteiger partial charge is 0.493 e. The van der Waals surface area contributed by atoms with Gasteiger partial charge in [0.05, 0.1) is 13.4 Å². The summed E-state index contributed by atoms with van der Waals surface area (Å²) in [4.78, 5) is 0. The molecular formula is C25H22O2. The van der Waals surface area contributed by atoms with Gasteiger partial charge >= 0.3 is 0 Å². The summed E-state index contributed by atoms with van der Waals surface area (Å²) in [5.41, 5.74) is 6.80. The van der Waals surface area contributed by atoms with Crippen molar-refractivity contribution in [3.63, 3.8) is 0 Å². The molecule has 0 unspecified atom stereocenters. The van der Waals surface area contributed by atoms with Crippen molar-refractivity contribution < 1.29 is 9.15 Å². The average molecular weight is 354 g/mol. The van der Waals surface area contributed by atoms with Crippen molar-refractivity contribution in [1.82, 2.24) is 0 Å². The minimum absolute atomic E-state index is 0.754. The second-order valence-corrected chi connectivity index (χ2v) is 6.43. The van der Waals surface area contributed by atoms with Crippen molar-refractivity contribution in [2.75, 3.05) is 7.11 Å². The Hall–Kier alpha value is -3.26. The van der Waals surface area contributed by atoms with E-state index in [9.17, 15) is 0 Å². The average Bonchev–Trinajstić information content (AvgIpc) is 3.17. The summed E-state index contributed by atoms with van der Waals surface area (Å²) in [6, 6.07) is 27.1. The molecule has 2 nitrogen and oxygen atoms in total. The standard InChI is InChI=1S/C25H22O2/c1-3-20(18-11-6-4-7-12-18)24(19-13-8-5-9-14-19)22-17-27-25-21(22)15-10-16-23(25)26-2/h4-17H,3H2,1-2H3/b24-20+. The van der Waals surface area contributed by atoms with E-state index >= 15 is 0 Å². The smallest absolute Gasteiger partial charge is 0.176 e. The van der Waals surface area contributed by atoms with Crippen LogP contribution in [0.3, 0.4) is 0 Å². The highest BCUT2D eigenvalue weighted by atomic mass is 16.5. The summed E-state index contributed by atoms with van der Waals surface area (Å²) in [5, 5.41) is 1.06. The molecule has 0 fully saturated rings. The Morgan fingerprint density at radius 1 is 0.815 bits per heavy atom. The molecule has 0 saturated heterocycles. The first-order valence-electron chi connectivity index (χ1n) is 9.22. The molecule has 4 aromatic rings. The maximum Gasteiger partial charge on any atom is 0.176 e. The van der Waals surface area contributed by atoms with Gasteiger partial charge in [0.25, 0.3) is 0 Å². The maximum atomic E-state index is 5.94. The first-order valence-corrected chi connectivity index (χ1v) is 9.22. The Morgan fingerprint density at radius 3 is 2.11 bits per heavy atom. The minimum atomic E-state index is 0.754. The number of para-hydroxylation sites is 1. The van der Waals surface area contributed by atoms with E-state index in [1.807, 2.05) is 24.5 Å². The lowest BCUT2D eigenvalue weighted by molar-refractivity contribution is 0.410. The van der Waals surface area contributed by atoms with Crippen molar-refractivity contribution in [1.29, 1.82) is 0 Å². The van der Waals surface area contributed by atoms with E-state index in [0.717, 1.165) is 28.7 Å². The first kappa shape index (κ1) is 17.2. The molecule has 4 rings (SSSR count). The third-order valence-electron chi connectivity index (χ3n) is 4.89. The molecule has 27 heavy (non-hydrogen) atoms. The molecule has 0 aliphatic heterocycles. The summed E-state index contributed by atoms with van der Waals surface area (Å²) in [5.74, 6) is 0.754. The molecule has 0 atom stereocenters. The first-order chi connectivity index (χ1) is 13.3. The second-order valence-electron chi connectivity index (χ2n) is 6.43. The number of methoxy groups -OCH3 is 1. The second kappa shape index (κ2) is 7.55. The Balaban J connectivity index is 2.05. The fourth-order valence-corrected chi connectivity index (χ4v) is 3.65. The lowest BCUT2D eigenvalue weighted by Crippen LogP contribution is -1.94. The Bertz CT molecular complexity index is 1070. The van der Waals surface area contributed by atoms with E-state index < -0.39 is 0 Å². The van der Waals surface area contributed by atoms with Crippen LogP contribution in [-0.2, 0) is 0 Å². The van der Waals surface area contributed by atoms with Crippen LogP contribution < -0.4 is 4.74 Å². The van der Waals surface area contributed by atoms with Gasteiger partial charge in [0.1, 0.15) is 0 Å². The summed E-state index contributed by atoms with van der Waals surface area (Å²) in [7, 11) is 1.67. The summed E-state index contributed by atoms with van der Waals surface area (Å²) in [6.45, 7) is 2.20. The van der Waals surface area contributed by atoms with Crippen LogP contribution in [-0.4, -0.2) is 7.11 Å². The van der Waals surface area contributed by atoms with Gasteiger partial charge in [-0.15, -0.1) is 0 Å². The molecule has 0 N–H and O–H groups in total. The van der Waals surface area contributed by atoms with E-state index in [4.69, 9.17) is 9.15 Å². The molecule has 3 aromatic carbocycles. The van der Waals surface area contributed by atoms with Crippen LogP contribution in [0.1, 0.15) is 30.0 Å². The molecule has 0 aliphatic rings. The fourth-order valence-electron chi connectivity index (χ4n) is 3.65. The van der Waals surface area contributed by atoms with Crippen LogP contribution in [0.25, 0.3) is 22.1 Å². The summed E-state index contributed by atoms with van der Waals surface area (Å²) in [6.07, 6.45) is 2.78. The number of hydrogen-bond acceptors (Lipinski definition) is 2. The third kappa shape index (κ3) is 3.15. The molecule has 134 valence electrons. The van der Waals surface area contributed by atoms with Crippen molar-refractivity contribution in [2.24, 2.45) is 0 Å². The van der Waals surface area contributed by atoms with E-state index in [1.54, 1.807) is 7.11 Å². The highest BCUT2D eigenvalue weighted by Crippen LogP contribution is 2.40. The zero-order chi connectivity index (χ0) is 18.6. The van der Waals surface area contributed by atoms with E-state index in [1.165, 1.54) is 22.3 Å². The fraction of sp³-hybridized carbons (Fsp3) is 0.120. The molecule has 0 radical (unpaired) electrons. The van der Waals surface area contributed by atoms with E-state index in [0.29, 0.717) is 0 Å². The molecule has 0 amide bonds. The van der Waals surface area contributed by atoms with Gasteiger partial charge in [0.2, 0.25) is 0 Å². The minimum Gasteiger partial charge on any atom is -0.493 e. The normalized spacial score (nSPS) is 12.1. The number of rotatable bonds is 5. The zero-order valence-corrected chi connectivity index (χ0v) is 15.6. The Morgan fingerprint density at radius 2 is 1.48 bits per heavy atom. The monoisotopic (exact) mass is 354 g/mol. The van der Waals surface area contributed by atoms with Crippen molar-refractivity contribution >= 4 is 22.1 Å². The van der Waals surface area contributed by atoms with Crippen LogP contribution in [0.15, 0.2) is 89.5 Å². The van der Waals surface area contributed by atoms with Crippen molar-refractivity contribution in [3.05, 3.63) is 102 Å². The van der Waals surface area contributed by atoms with Gasteiger partial charge in [0.15, 0.2) is 11.3 Å². The maximum absolute atomic E-state index is 5.94. The molecule has 0 saturated carbocycles. The SMILES string of the molecule is CC/C(=C(/c1ccccc1)c1coc2c(OC)cccc12)c1ccccc1. The summed E-state index contributed by atoms with van der Waals surface area (Å²) < 4.78 is 11.4. The number of furan rings is 1. The van der Waals surface area contributed by atoms with Gasteiger partial charge in [-0.2, -0.15) is 0 Å². The van der Waals surface area contributed by atoms with Crippen LogP contribution in [0.4, 0.5) is 0 Å². The molecule has 0 aliphatic carbocycles. The van der Waals surface area contributed by atoms with Gasteiger partial charge in [-0.3, -0.25) is 0 Å². The summed E-state index contributed by atoms with van der Waals surface area (Å²) >= 11 is 0. The van der Waals surface area contributed by atoms with Crippen LogP contribution >= 0.6 is 0 Å². The highest BCUT2D eigenvalue weighted by Gasteiger charge is 2.18. The number of hydrogen-bond donors (Lipinski definition) is 0. The Labute approximate surface area is 159 Å². The van der Waals surface area contributed by atoms with Gasteiger partial charge in [0, 0.05) is 10.9 Å². The van der Waals surface area contributed by atoms with Gasteiger partial charge in [-0.1, -0.05) is 79.7 Å². The van der Waals surface area contributed by atoms with Crippen molar-refractivity contribution in [3.8, 4) is 5.75 Å². The zero-order valence-electron chi connectivity index (χ0n) is 15.6. The topological polar surface area (TPSA) is 22.4 Å². The molecule has 0 bridgehead atoms. The van der Waals surface area contributed by atoms with Crippen molar-refractivity contribution in [2.45, 2.75) is 13.3 Å². The lowest BCUT2D eigenvalue weighted by atomic mass is 9.88. The van der Waals surface area contributed by atoms with E-state index in [-0.39, 0.29) is 0 Å². The number of allylic oxidation sites excluding steroid dienone is 1. The number of fused-ring (bicyclic) bond motifs is 1. The number of benzene rings is 3. The molecule has 0 spiro atoms. The van der Waals surface area contributed by atoms with Gasteiger partial charge in [-0.25, -0.2) is 0 Å². The quantitative estimate of drug-likeness (QED) is 0.367. The van der Waals surface area contributed by atoms with Crippen LogP contribution in [0.5, 0.6) is 5.75 Å². The molecule has 1 aromatic heterocycles. The van der Waals surface area contributed by atoms with Crippen LogP contribution in [0, 0.1) is 0 Å². The van der Waals surface area contributed by atoms with Gasteiger partial charge < -0.3 is 9.15 Å². The van der Waals surface area contributed by atoms with Gasteiger partial charge in [-0.05, 0) is 34.8 Å². The number of ether oxygens (including phenoxy) is 1. The highest BCUT2D eigenvalue weighted by molar-refractivity contribution is 6.06.